The molecule has 1 aliphatic rings. The number of aromatic amines is 1. The molecular formula is C20H27FN4O. The summed E-state index contributed by atoms with van der Waals surface area (Å²) in [4.78, 5) is 14.0. The molecule has 0 saturated carbocycles. The Labute approximate surface area is 154 Å². The molecular weight excluding hydrogens is 331 g/mol. The van der Waals surface area contributed by atoms with E-state index in [9.17, 15) is 9.18 Å². The van der Waals surface area contributed by atoms with Crippen LogP contribution in [0.4, 0.5) is 4.39 Å². The Hall–Kier alpha value is -2.21. The van der Waals surface area contributed by atoms with Crippen molar-refractivity contribution in [1.29, 1.82) is 0 Å². The Balaban J connectivity index is 1.41. The van der Waals surface area contributed by atoms with Gasteiger partial charge in [-0.15, -0.1) is 0 Å². The quantitative estimate of drug-likeness (QED) is 0.763. The first-order valence-corrected chi connectivity index (χ1v) is 9.37. The number of aryl methyl sites for hydroxylation is 1. The van der Waals surface area contributed by atoms with E-state index < -0.39 is 0 Å². The molecule has 5 nitrogen and oxygen atoms in total. The van der Waals surface area contributed by atoms with E-state index in [-0.39, 0.29) is 11.7 Å². The topological polar surface area (TPSA) is 61.0 Å². The second-order valence-corrected chi connectivity index (χ2v) is 7.11. The number of hydrogen-bond acceptors (Lipinski definition) is 3. The Kier molecular flexibility index (Phi) is 6.39. The Bertz CT molecular complexity index is 724. The number of carbonyl (C=O) groups excluding carboxylic acids is 1. The van der Waals surface area contributed by atoms with E-state index >= 15 is 0 Å². The summed E-state index contributed by atoms with van der Waals surface area (Å²) in [6.45, 7) is 2.86. The number of aromatic nitrogens is 2. The van der Waals surface area contributed by atoms with Crippen molar-refractivity contribution in [2.45, 2.75) is 32.1 Å². The third-order valence-electron chi connectivity index (χ3n) is 5.05. The molecule has 0 aliphatic carbocycles. The third-order valence-corrected chi connectivity index (χ3v) is 5.05. The molecule has 1 fully saturated rings. The van der Waals surface area contributed by atoms with Gasteiger partial charge in [0.15, 0.2) is 0 Å². The zero-order valence-electron chi connectivity index (χ0n) is 15.3. The number of nitrogens with one attached hydrogen (secondary N) is 2. The molecule has 1 aromatic carbocycles. The molecule has 1 unspecified atom stereocenters. The van der Waals surface area contributed by atoms with Gasteiger partial charge in [0.2, 0.25) is 5.91 Å². The van der Waals surface area contributed by atoms with E-state index in [0.717, 1.165) is 55.8 Å². The Morgan fingerprint density at radius 1 is 1.38 bits per heavy atom. The van der Waals surface area contributed by atoms with E-state index in [0.29, 0.717) is 12.3 Å². The highest BCUT2D eigenvalue weighted by Crippen LogP contribution is 2.19. The van der Waals surface area contributed by atoms with Gasteiger partial charge < -0.3 is 10.2 Å². The first kappa shape index (κ1) is 18.6. The van der Waals surface area contributed by atoms with Gasteiger partial charge in [0, 0.05) is 31.3 Å². The van der Waals surface area contributed by atoms with Gasteiger partial charge in [-0.25, -0.2) is 4.39 Å². The highest BCUT2D eigenvalue weighted by atomic mass is 19.1. The van der Waals surface area contributed by atoms with E-state index in [2.05, 4.69) is 15.5 Å². The molecule has 2 aromatic rings. The monoisotopic (exact) mass is 358 g/mol. The van der Waals surface area contributed by atoms with Gasteiger partial charge in [-0.05, 0) is 62.9 Å². The minimum absolute atomic E-state index is 0.224. The lowest BCUT2D eigenvalue weighted by atomic mass is 10.0. The molecule has 0 spiro atoms. The zero-order valence-corrected chi connectivity index (χ0v) is 15.3. The second kappa shape index (κ2) is 8.94. The van der Waals surface area contributed by atoms with Crippen molar-refractivity contribution in [2.24, 2.45) is 5.92 Å². The van der Waals surface area contributed by atoms with Crippen molar-refractivity contribution in [2.75, 3.05) is 26.7 Å². The average Bonchev–Trinajstić information content (AvgIpc) is 3.31. The maximum atomic E-state index is 13.3. The number of nitrogens with zero attached hydrogens (tertiary/aromatic N) is 2. The van der Waals surface area contributed by atoms with Crippen molar-refractivity contribution >= 4 is 5.91 Å². The van der Waals surface area contributed by atoms with Gasteiger partial charge in [0.25, 0.3) is 0 Å². The SMILES string of the molecule is CN(CCCc1cc(-c2cccc(F)c2)n[nH]1)C(=O)CCC1CCNC1. The predicted molar refractivity (Wildman–Crippen MR) is 100 cm³/mol. The molecule has 1 amide bonds. The van der Waals surface area contributed by atoms with Gasteiger partial charge in [-0.1, -0.05) is 12.1 Å². The fourth-order valence-corrected chi connectivity index (χ4v) is 3.40. The summed E-state index contributed by atoms with van der Waals surface area (Å²) in [7, 11) is 1.88. The molecule has 2 heterocycles. The van der Waals surface area contributed by atoms with Crippen LogP contribution in [0.15, 0.2) is 30.3 Å². The summed E-state index contributed by atoms with van der Waals surface area (Å²) in [5, 5.41) is 10.6. The van der Waals surface area contributed by atoms with Gasteiger partial charge in [0.05, 0.1) is 5.69 Å². The molecule has 26 heavy (non-hydrogen) atoms. The highest BCUT2D eigenvalue weighted by Gasteiger charge is 2.17. The van der Waals surface area contributed by atoms with Crippen molar-refractivity contribution in [3.8, 4) is 11.3 Å². The van der Waals surface area contributed by atoms with Crippen molar-refractivity contribution < 1.29 is 9.18 Å². The number of benzene rings is 1. The minimum Gasteiger partial charge on any atom is -0.346 e. The van der Waals surface area contributed by atoms with E-state index in [1.54, 1.807) is 6.07 Å². The molecule has 0 radical (unpaired) electrons. The maximum Gasteiger partial charge on any atom is 0.222 e. The van der Waals surface area contributed by atoms with Crippen LogP contribution in [0.2, 0.25) is 0 Å². The lowest BCUT2D eigenvalue weighted by Crippen LogP contribution is -2.28. The van der Waals surface area contributed by atoms with Crippen molar-refractivity contribution in [1.82, 2.24) is 20.4 Å². The average molecular weight is 358 g/mol. The molecule has 140 valence electrons. The van der Waals surface area contributed by atoms with Crippen LogP contribution in [-0.4, -0.2) is 47.7 Å². The summed E-state index contributed by atoms with van der Waals surface area (Å²) in [6.07, 6.45) is 4.49. The molecule has 1 aliphatic heterocycles. The zero-order chi connectivity index (χ0) is 18.4. The maximum absolute atomic E-state index is 13.3. The fourth-order valence-electron chi connectivity index (χ4n) is 3.40. The smallest absolute Gasteiger partial charge is 0.222 e. The summed E-state index contributed by atoms with van der Waals surface area (Å²) in [6, 6.07) is 8.37. The number of hydrogen-bond donors (Lipinski definition) is 2. The number of carbonyl (C=O) groups is 1. The lowest BCUT2D eigenvalue weighted by molar-refractivity contribution is -0.130. The summed E-state index contributed by atoms with van der Waals surface area (Å²) in [5.74, 6) is 0.612. The van der Waals surface area contributed by atoms with Gasteiger partial charge in [-0.2, -0.15) is 5.10 Å². The van der Waals surface area contributed by atoms with Gasteiger partial charge >= 0.3 is 0 Å². The van der Waals surface area contributed by atoms with Crippen LogP contribution in [0.3, 0.4) is 0 Å². The second-order valence-electron chi connectivity index (χ2n) is 7.11. The molecule has 1 aromatic heterocycles. The standard InChI is InChI=1S/C20H27FN4O/c1-25(20(26)8-7-15-9-10-22-14-15)11-3-6-18-13-19(24-23-18)16-4-2-5-17(21)12-16/h2,4-5,12-13,15,22H,3,6-11,14H2,1H3,(H,23,24). The number of amides is 1. The van der Waals surface area contributed by atoms with E-state index in [1.165, 1.54) is 18.6 Å². The molecule has 6 heteroatoms. The predicted octanol–water partition coefficient (Wildman–Crippen LogP) is 3.00. The number of rotatable bonds is 8. The molecule has 3 rings (SSSR count). The highest BCUT2D eigenvalue weighted by molar-refractivity contribution is 5.75. The van der Waals surface area contributed by atoms with Crippen LogP contribution < -0.4 is 5.32 Å². The van der Waals surface area contributed by atoms with E-state index in [1.807, 2.05) is 24.1 Å². The number of H-pyrrole nitrogens is 1. The van der Waals surface area contributed by atoms with Crippen LogP contribution in [0.25, 0.3) is 11.3 Å². The van der Waals surface area contributed by atoms with Gasteiger partial charge in [0.1, 0.15) is 5.82 Å². The first-order chi connectivity index (χ1) is 12.6. The summed E-state index contributed by atoms with van der Waals surface area (Å²) in [5.41, 5.74) is 2.51. The molecule has 1 atom stereocenters. The Morgan fingerprint density at radius 3 is 3.04 bits per heavy atom. The first-order valence-electron chi connectivity index (χ1n) is 9.37. The molecule has 1 saturated heterocycles. The summed E-state index contributed by atoms with van der Waals surface area (Å²) < 4.78 is 13.3. The Morgan fingerprint density at radius 2 is 2.27 bits per heavy atom. The molecule has 0 bridgehead atoms. The van der Waals surface area contributed by atoms with Gasteiger partial charge in [-0.3, -0.25) is 9.89 Å². The minimum atomic E-state index is -0.263. The largest absolute Gasteiger partial charge is 0.346 e. The third kappa shape index (κ3) is 5.14. The van der Waals surface area contributed by atoms with E-state index in [4.69, 9.17) is 0 Å². The van der Waals surface area contributed by atoms with Crippen LogP contribution in [0, 0.1) is 11.7 Å². The van der Waals surface area contributed by atoms with Crippen molar-refractivity contribution in [3.63, 3.8) is 0 Å². The van der Waals surface area contributed by atoms with Crippen LogP contribution in [0.5, 0.6) is 0 Å². The number of halogens is 1. The fraction of sp³-hybridized carbons (Fsp3) is 0.500. The van der Waals surface area contributed by atoms with Crippen molar-refractivity contribution in [3.05, 3.63) is 41.8 Å². The van der Waals surface area contributed by atoms with Crippen LogP contribution in [0.1, 0.15) is 31.4 Å². The summed E-state index contributed by atoms with van der Waals surface area (Å²) >= 11 is 0. The normalized spacial score (nSPS) is 16.8. The lowest BCUT2D eigenvalue weighted by Gasteiger charge is -2.18. The van der Waals surface area contributed by atoms with Crippen LogP contribution in [-0.2, 0) is 11.2 Å². The van der Waals surface area contributed by atoms with Crippen LogP contribution >= 0.6 is 0 Å². The molecule has 2 N–H and O–H groups in total.